The second kappa shape index (κ2) is 3.96. The van der Waals surface area contributed by atoms with E-state index in [9.17, 15) is 8.42 Å². The Labute approximate surface area is 80.8 Å². The second-order valence-electron chi connectivity index (χ2n) is 3.98. The molecule has 1 N–H and O–H groups in total. The van der Waals surface area contributed by atoms with E-state index in [4.69, 9.17) is 0 Å². The van der Waals surface area contributed by atoms with Crippen LogP contribution < -0.4 is 5.32 Å². The van der Waals surface area contributed by atoms with Crippen molar-refractivity contribution in [2.45, 2.75) is 26.7 Å². The van der Waals surface area contributed by atoms with Gasteiger partial charge in [-0.15, -0.1) is 0 Å². The van der Waals surface area contributed by atoms with E-state index in [1.807, 2.05) is 6.92 Å². The van der Waals surface area contributed by atoms with Gasteiger partial charge in [0.05, 0.1) is 11.5 Å². The van der Waals surface area contributed by atoms with Crippen molar-refractivity contribution in [3.8, 4) is 0 Å². The third-order valence-corrected chi connectivity index (χ3v) is 4.85. The summed E-state index contributed by atoms with van der Waals surface area (Å²) in [6.07, 6.45) is 1.79. The van der Waals surface area contributed by atoms with Crippen LogP contribution >= 0.6 is 0 Å². The standard InChI is InChI=1S/C9H19NO2S/c1-3-9(7-10-4-2)5-6-13(11,12)8-9/h10H,3-8H2,1-2H3. The lowest BCUT2D eigenvalue weighted by Gasteiger charge is -2.25. The van der Waals surface area contributed by atoms with E-state index in [1.54, 1.807) is 0 Å². The van der Waals surface area contributed by atoms with E-state index < -0.39 is 9.84 Å². The number of nitrogens with one attached hydrogen (secondary N) is 1. The highest BCUT2D eigenvalue weighted by Crippen LogP contribution is 2.34. The van der Waals surface area contributed by atoms with Crippen LogP contribution in [-0.2, 0) is 9.84 Å². The third-order valence-electron chi connectivity index (χ3n) is 2.97. The van der Waals surface area contributed by atoms with Gasteiger partial charge in [0.1, 0.15) is 0 Å². The summed E-state index contributed by atoms with van der Waals surface area (Å²) in [5.74, 6) is 0.760. The topological polar surface area (TPSA) is 46.2 Å². The molecular formula is C9H19NO2S. The van der Waals surface area contributed by atoms with Crippen molar-refractivity contribution in [3.63, 3.8) is 0 Å². The van der Waals surface area contributed by atoms with Gasteiger partial charge in [-0.2, -0.15) is 0 Å². The van der Waals surface area contributed by atoms with Gasteiger partial charge in [0, 0.05) is 6.54 Å². The number of rotatable bonds is 4. The first-order valence-corrected chi connectivity index (χ1v) is 6.77. The minimum Gasteiger partial charge on any atom is -0.316 e. The second-order valence-corrected chi connectivity index (χ2v) is 6.16. The van der Waals surface area contributed by atoms with E-state index in [0.717, 1.165) is 25.9 Å². The summed E-state index contributed by atoms with van der Waals surface area (Å²) in [6, 6.07) is 0. The lowest BCUT2D eigenvalue weighted by molar-refractivity contribution is 0.305. The minimum absolute atomic E-state index is 0.0227. The van der Waals surface area contributed by atoms with E-state index in [0.29, 0.717) is 11.5 Å². The van der Waals surface area contributed by atoms with E-state index >= 15 is 0 Å². The van der Waals surface area contributed by atoms with Crippen molar-refractivity contribution in [1.82, 2.24) is 5.32 Å². The van der Waals surface area contributed by atoms with E-state index in [1.165, 1.54) is 0 Å². The monoisotopic (exact) mass is 205 g/mol. The molecule has 0 saturated carbocycles. The molecule has 13 heavy (non-hydrogen) atoms. The lowest BCUT2D eigenvalue weighted by Crippen LogP contribution is -2.34. The third kappa shape index (κ3) is 2.68. The molecule has 1 heterocycles. The van der Waals surface area contributed by atoms with Crippen LogP contribution in [0.5, 0.6) is 0 Å². The smallest absolute Gasteiger partial charge is 0.150 e. The molecule has 0 spiro atoms. The van der Waals surface area contributed by atoms with Crippen LogP contribution in [0.4, 0.5) is 0 Å². The Morgan fingerprint density at radius 3 is 2.46 bits per heavy atom. The van der Waals surface area contributed by atoms with Crippen LogP contribution in [0.2, 0.25) is 0 Å². The van der Waals surface area contributed by atoms with Crippen molar-refractivity contribution in [2.75, 3.05) is 24.6 Å². The molecule has 0 aromatic carbocycles. The normalized spacial score (nSPS) is 32.2. The number of sulfone groups is 1. The average Bonchev–Trinajstić information content (AvgIpc) is 2.40. The molecule has 4 heteroatoms. The molecule has 1 aliphatic heterocycles. The molecule has 1 saturated heterocycles. The molecule has 3 nitrogen and oxygen atoms in total. The van der Waals surface area contributed by atoms with Gasteiger partial charge in [-0.05, 0) is 24.8 Å². The van der Waals surface area contributed by atoms with Gasteiger partial charge in [0.25, 0.3) is 0 Å². The Morgan fingerprint density at radius 2 is 2.08 bits per heavy atom. The van der Waals surface area contributed by atoms with Gasteiger partial charge in [0.15, 0.2) is 9.84 Å². The maximum absolute atomic E-state index is 11.3. The van der Waals surface area contributed by atoms with Gasteiger partial charge in [-0.25, -0.2) is 8.42 Å². The fourth-order valence-corrected chi connectivity index (χ4v) is 4.19. The molecule has 78 valence electrons. The Morgan fingerprint density at radius 1 is 1.38 bits per heavy atom. The Balaban J connectivity index is 2.63. The lowest BCUT2D eigenvalue weighted by atomic mass is 9.85. The fraction of sp³-hybridized carbons (Fsp3) is 1.00. The summed E-state index contributed by atoms with van der Waals surface area (Å²) >= 11 is 0. The SMILES string of the molecule is CCNCC1(CC)CCS(=O)(=O)C1. The predicted molar refractivity (Wildman–Crippen MR) is 54.5 cm³/mol. The first kappa shape index (κ1) is 11.0. The molecule has 0 aromatic rings. The first-order chi connectivity index (χ1) is 6.04. The Bertz CT molecular complexity index is 261. The maximum atomic E-state index is 11.3. The van der Waals surface area contributed by atoms with Gasteiger partial charge in [-0.1, -0.05) is 13.8 Å². The minimum atomic E-state index is -2.74. The van der Waals surface area contributed by atoms with Crippen molar-refractivity contribution in [2.24, 2.45) is 5.41 Å². The zero-order chi connectivity index (χ0) is 9.95. The van der Waals surface area contributed by atoms with Crippen LogP contribution in [0.25, 0.3) is 0 Å². The molecule has 0 amide bonds. The zero-order valence-corrected chi connectivity index (χ0v) is 9.28. The molecule has 0 aliphatic carbocycles. The van der Waals surface area contributed by atoms with Crippen molar-refractivity contribution in [1.29, 1.82) is 0 Å². The highest BCUT2D eigenvalue weighted by Gasteiger charge is 2.40. The molecule has 0 aromatic heterocycles. The van der Waals surface area contributed by atoms with Gasteiger partial charge in [-0.3, -0.25) is 0 Å². The van der Waals surface area contributed by atoms with Gasteiger partial charge < -0.3 is 5.32 Å². The summed E-state index contributed by atoms with van der Waals surface area (Å²) in [5.41, 5.74) is 0.0227. The average molecular weight is 205 g/mol. The molecule has 0 bridgehead atoms. The van der Waals surface area contributed by atoms with Gasteiger partial charge >= 0.3 is 0 Å². The van der Waals surface area contributed by atoms with Crippen LogP contribution in [0.15, 0.2) is 0 Å². The van der Waals surface area contributed by atoms with E-state index in [2.05, 4.69) is 12.2 Å². The van der Waals surface area contributed by atoms with Crippen molar-refractivity contribution >= 4 is 9.84 Å². The Kier molecular flexibility index (Phi) is 3.35. The van der Waals surface area contributed by atoms with Crippen LogP contribution in [-0.4, -0.2) is 33.0 Å². The predicted octanol–water partition coefficient (Wildman–Crippen LogP) is 0.811. The quantitative estimate of drug-likeness (QED) is 0.739. The van der Waals surface area contributed by atoms with E-state index in [-0.39, 0.29) is 5.41 Å². The fourth-order valence-electron chi connectivity index (χ4n) is 1.92. The summed E-state index contributed by atoms with van der Waals surface area (Å²) in [7, 11) is -2.74. The molecule has 1 aliphatic rings. The number of hydrogen-bond donors (Lipinski definition) is 1. The molecule has 1 fully saturated rings. The zero-order valence-electron chi connectivity index (χ0n) is 8.47. The largest absolute Gasteiger partial charge is 0.316 e. The van der Waals surface area contributed by atoms with Crippen LogP contribution in [0, 0.1) is 5.41 Å². The Hall–Kier alpha value is -0.0900. The van der Waals surface area contributed by atoms with Crippen LogP contribution in [0.3, 0.4) is 0 Å². The maximum Gasteiger partial charge on any atom is 0.150 e. The highest BCUT2D eigenvalue weighted by atomic mass is 32.2. The number of hydrogen-bond acceptors (Lipinski definition) is 3. The van der Waals surface area contributed by atoms with Crippen molar-refractivity contribution < 1.29 is 8.42 Å². The summed E-state index contributed by atoms with van der Waals surface area (Å²) in [6.45, 7) is 5.89. The highest BCUT2D eigenvalue weighted by molar-refractivity contribution is 7.91. The van der Waals surface area contributed by atoms with Gasteiger partial charge in [0.2, 0.25) is 0 Å². The summed E-state index contributed by atoms with van der Waals surface area (Å²) in [5, 5.41) is 3.26. The van der Waals surface area contributed by atoms with Crippen molar-refractivity contribution in [3.05, 3.63) is 0 Å². The first-order valence-electron chi connectivity index (χ1n) is 4.95. The molecule has 1 atom stereocenters. The molecular weight excluding hydrogens is 186 g/mol. The molecule has 0 radical (unpaired) electrons. The molecule has 1 unspecified atom stereocenters. The summed E-state index contributed by atoms with van der Waals surface area (Å²) in [4.78, 5) is 0. The summed E-state index contributed by atoms with van der Waals surface area (Å²) < 4.78 is 22.7. The molecule has 1 rings (SSSR count). The van der Waals surface area contributed by atoms with Crippen LogP contribution in [0.1, 0.15) is 26.7 Å².